The van der Waals surface area contributed by atoms with E-state index in [4.69, 9.17) is 9.47 Å². The minimum atomic E-state index is -3.70. The van der Waals surface area contributed by atoms with Crippen molar-refractivity contribution in [1.82, 2.24) is 9.71 Å². The smallest absolute Gasteiger partial charge is 0.241 e. The molecule has 1 aromatic heterocycles. The molecule has 3 rings (SSSR count). The van der Waals surface area contributed by atoms with Gasteiger partial charge in [0.05, 0.1) is 18.1 Å². The molecule has 0 bridgehead atoms. The average molecular weight is 401 g/mol. The number of nitrogens with one attached hydrogen (secondary N) is 1. The van der Waals surface area contributed by atoms with E-state index >= 15 is 0 Å². The van der Waals surface area contributed by atoms with Gasteiger partial charge in [0, 0.05) is 18.1 Å². The second-order valence-electron chi connectivity index (χ2n) is 6.08. The van der Waals surface area contributed by atoms with Gasteiger partial charge < -0.3 is 9.47 Å². The number of rotatable bonds is 9. The standard InChI is InChI=1S/C21H24N2O4S/c1-3-26-18-10-6-5-8-16(18)13-15-23-28(24,25)20-12-11-19(27-4-2)21-17(20)9-7-14-22-21/h5-12,14,23H,3-4,13,15H2,1-2H3. The molecule has 28 heavy (non-hydrogen) atoms. The summed E-state index contributed by atoms with van der Waals surface area (Å²) in [5.41, 5.74) is 1.50. The third-order valence-electron chi connectivity index (χ3n) is 4.24. The summed E-state index contributed by atoms with van der Waals surface area (Å²) in [6.45, 7) is 5.11. The predicted octanol–water partition coefficient (Wildman–Crippen LogP) is 3.55. The SMILES string of the molecule is CCOc1ccccc1CCNS(=O)(=O)c1ccc(OCC)c2ncccc12. The number of aromatic nitrogens is 1. The molecule has 0 fully saturated rings. The number of pyridine rings is 1. The zero-order valence-corrected chi connectivity index (χ0v) is 16.8. The maximum atomic E-state index is 12.9. The van der Waals surface area contributed by atoms with E-state index in [2.05, 4.69) is 9.71 Å². The van der Waals surface area contributed by atoms with Crippen LogP contribution in [0, 0.1) is 0 Å². The molecule has 0 aliphatic carbocycles. The van der Waals surface area contributed by atoms with Crippen molar-refractivity contribution in [3.8, 4) is 11.5 Å². The van der Waals surface area contributed by atoms with Crippen LogP contribution < -0.4 is 14.2 Å². The summed E-state index contributed by atoms with van der Waals surface area (Å²) < 4.78 is 39.7. The van der Waals surface area contributed by atoms with E-state index in [9.17, 15) is 8.42 Å². The van der Waals surface area contributed by atoms with Crippen molar-refractivity contribution in [3.63, 3.8) is 0 Å². The lowest BCUT2D eigenvalue weighted by molar-refractivity contribution is 0.336. The van der Waals surface area contributed by atoms with E-state index in [1.54, 1.807) is 30.5 Å². The first kappa shape index (κ1) is 20.1. The molecule has 0 aliphatic rings. The van der Waals surface area contributed by atoms with Crippen LogP contribution in [-0.2, 0) is 16.4 Å². The number of fused-ring (bicyclic) bond motifs is 1. The summed E-state index contributed by atoms with van der Waals surface area (Å²) in [4.78, 5) is 4.49. The summed E-state index contributed by atoms with van der Waals surface area (Å²) >= 11 is 0. The third-order valence-corrected chi connectivity index (χ3v) is 5.76. The van der Waals surface area contributed by atoms with E-state index in [-0.39, 0.29) is 11.4 Å². The Balaban J connectivity index is 1.81. The molecule has 0 aliphatic heterocycles. The monoisotopic (exact) mass is 400 g/mol. The van der Waals surface area contributed by atoms with Gasteiger partial charge in [-0.1, -0.05) is 18.2 Å². The molecule has 0 saturated carbocycles. The Kier molecular flexibility index (Phi) is 6.49. The minimum Gasteiger partial charge on any atom is -0.494 e. The van der Waals surface area contributed by atoms with Crippen LogP contribution >= 0.6 is 0 Å². The molecule has 0 spiro atoms. The Hall–Kier alpha value is -2.64. The number of benzene rings is 2. The van der Waals surface area contributed by atoms with E-state index in [0.717, 1.165) is 11.3 Å². The van der Waals surface area contributed by atoms with E-state index in [1.165, 1.54) is 0 Å². The predicted molar refractivity (Wildman–Crippen MR) is 109 cm³/mol. The number of sulfonamides is 1. The number of nitrogens with zero attached hydrogens (tertiary/aromatic N) is 1. The molecule has 2 aromatic carbocycles. The molecule has 7 heteroatoms. The largest absolute Gasteiger partial charge is 0.494 e. The van der Waals surface area contributed by atoms with Crippen molar-refractivity contribution in [1.29, 1.82) is 0 Å². The number of hydrogen-bond acceptors (Lipinski definition) is 5. The van der Waals surface area contributed by atoms with Crippen molar-refractivity contribution in [3.05, 3.63) is 60.3 Å². The van der Waals surface area contributed by atoms with Crippen LogP contribution in [0.5, 0.6) is 11.5 Å². The van der Waals surface area contributed by atoms with Crippen LogP contribution in [-0.4, -0.2) is 33.2 Å². The van der Waals surface area contributed by atoms with Gasteiger partial charge in [0.25, 0.3) is 0 Å². The average Bonchev–Trinajstić information content (AvgIpc) is 2.70. The summed E-state index contributed by atoms with van der Waals surface area (Å²) in [5, 5.41) is 0.538. The molecule has 0 saturated heterocycles. The maximum absolute atomic E-state index is 12.9. The van der Waals surface area contributed by atoms with Gasteiger partial charge in [-0.3, -0.25) is 4.98 Å². The molecule has 1 N–H and O–H groups in total. The highest BCUT2D eigenvalue weighted by Gasteiger charge is 2.19. The summed E-state index contributed by atoms with van der Waals surface area (Å²) in [6.07, 6.45) is 2.15. The fraction of sp³-hybridized carbons (Fsp3) is 0.286. The molecule has 0 radical (unpaired) electrons. The van der Waals surface area contributed by atoms with Crippen LogP contribution in [0.2, 0.25) is 0 Å². The Morgan fingerprint density at radius 1 is 0.929 bits per heavy atom. The van der Waals surface area contributed by atoms with Crippen molar-refractivity contribution in [2.24, 2.45) is 0 Å². The molecule has 0 unspecified atom stereocenters. The fourth-order valence-corrected chi connectivity index (χ4v) is 4.26. The Morgan fingerprint density at radius 2 is 1.68 bits per heavy atom. The second kappa shape index (κ2) is 9.03. The zero-order valence-electron chi connectivity index (χ0n) is 16.0. The van der Waals surface area contributed by atoms with E-state index in [0.29, 0.717) is 36.3 Å². The van der Waals surface area contributed by atoms with Crippen molar-refractivity contribution in [2.45, 2.75) is 25.2 Å². The highest BCUT2D eigenvalue weighted by molar-refractivity contribution is 7.89. The molecule has 0 amide bonds. The van der Waals surface area contributed by atoms with Crippen molar-refractivity contribution in [2.75, 3.05) is 19.8 Å². The topological polar surface area (TPSA) is 77.5 Å². The normalized spacial score (nSPS) is 11.5. The molecule has 148 valence electrons. The first-order chi connectivity index (χ1) is 13.6. The summed E-state index contributed by atoms with van der Waals surface area (Å²) in [6, 6.07) is 14.3. The highest BCUT2D eigenvalue weighted by Crippen LogP contribution is 2.29. The van der Waals surface area contributed by atoms with Gasteiger partial charge in [-0.15, -0.1) is 0 Å². The van der Waals surface area contributed by atoms with Crippen LogP contribution in [0.15, 0.2) is 59.6 Å². The Bertz CT molecular complexity index is 1050. The van der Waals surface area contributed by atoms with Gasteiger partial charge in [0.1, 0.15) is 17.0 Å². The summed E-state index contributed by atoms with van der Waals surface area (Å²) in [7, 11) is -3.70. The first-order valence-corrected chi connectivity index (χ1v) is 10.8. The van der Waals surface area contributed by atoms with Crippen LogP contribution in [0.25, 0.3) is 10.9 Å². The maximum Gasteiger partial charge on any atom is 0.241 e. The van der Waals surface area contributed by atoms with Gasteiger partial charge in [-0.25, -0.2) is 13.1 Å². The third kappa shape index (κ3) is 4.43. The number of ether oxygens (including phenoxy) is 2. The van der Waals surface area contributed by atoms with Crippen molar-refractivity contribution < 1.29 is 17.9 Å². The highest BCUT2D eigenvalue weighted by atomic mass is 32.2. The molecule has 6 nitrogen and oxygen atoms in total. The second-order valence-corrected chi connectivity index (χ2v) is 7.82. The van der Waals surface area contributed by atoms with Gasteiger partial charge in [-0.2, -0.15) is 0 Å². The lowest BCUT2D eigenvalue weighted by atomic mass is 10.1. The van der Waals surface area contributed by atoms with Gasteiger partial charge >= 0.3 is 0 Å². The van der Waals surface area contributed by atoms with Gasteiger partial charge in [-0.05, 0) is 56.2 Å². The number of para-hydroxylation sites is 1. The Morgan fingerprint density at radius 3 is 2.46 bits per heavy atom. The van der Waals surface area contributed by atoms with Gasteiger partial charge in [0.15, 0.2) is 0 Å². The van der Waals surface area contributed by atoms with Crippen LogP contribution in [0.3, 0.4) is 0 Å². The quantitative estimate of drug-likeness (QED) is 0.594. The molecular formula is C21H24N2O4S. The van der Waals surface area contributed by atoms with E-state index < -0.39 is 10.0 Å². The molecule has 1 heterocycles. The molecule has 3 aromatic rings. The Labute approximate surface area is 165 Å². The lowest BCUT2D eigenvalue weighted by Gasteiger charge is -2.13. The molecule has 0 atom stereocenters. The van der Waals surface area contributed by atoms with Crippen molar-refractivity contribution >= 4 is 20.9 Å². The van der Waals surface area contributed by atoms with Gasteiger partial charge in [0.2, 0.25) is 10.0 Å². The first-order valence-electron chi connectivity index (χ1n) is 9.27. The minimum absolute atomic E-state index is 0.192. The number of hydrogen-bond donors (Lipinski definition) is 1. The fourth-order valence-electron chi connectivity index (χ4n) is 3.03. The lowest BCUT2D eigenvalue weighted by Crippen LogP contribution is -2.26. The van der Waals surface area contributed by atoms with Crippen LogP contribution in [0.4, 0.5) is 0 Å². The zero-order chi connectivity index (χ0) is 20.0. The van der Waals surface area contributed by atoms with E-state index in [1.807, 2.05) is 38.1 Å². The van der Waals surface area contributed by atoms with Crippen LogP contribution in [0.1, 0.15) is 19.4 Å². The molecular weight excluding hydrogens is 376 g/mol. The summed E-state index contributed by atoms with van der Waals surface area (Å²) in [5.74, 6) is 1.35.